The van der Waals surface area contributed by atoms with Gasteiger partial charge in [-0.2, -0.15) is 0 Å². The van der Waals surface area contributed by atoms with Crippen molar-refractivity contribution in [1.29, 1.82) is 0 Å². The molecule has 2 aliphatic rings. The van der Waals surface area contributed by atoms with Crippen LogP contribution in [0.15, 0.2) is 28.7 Å². The molecule has 1 saturated heterocycles. The predicted molar refractivity (Wildman–Crippen MR) is 102 cm³/mol. The molecule has 3 aromatic rings. The lowest BCUT2D eigenvalue weighted by Gasteiger charge is -2.47. The monoisotopic (exact) mass is 335 g/mol. The number of pyridine rings is 1. The molecule has 4 nitrogen and oxygen atoms in total. The van der Waals surface area contributed by atoms with Gasteiger partial charge in [0.25, 0.3) is 0 Å². The highest BCUT2D eigenvalue weighted by Gasteiger charge is 2.42. The third-order valence-electron chi connectivity index (χ3n) is 6.42. The number of aryl methyl sites for hydroxylation is 2. The second-order valence-corrected chi connectivity index (χ2v) is 7.84. The van der Waals surface area contributed by atoms with Crippen LogP contribution in [0.4, 0.5) is 5.69 Å². The van der Waals surface area contributed by atoms with E-state index in [0.29, 0.717) is 12.2 Å². The molecule has 5 rings (SSSR count). The van der Waals surface area contributed by atoms with Crippen LogP contribution in [0.2, 0.25) is 0 Å². The van der Waals surface area contributed by atoms with Crippen molar-refractivity contribution >= 4 is 27.8 Å². The first-order valence-corrected chi connectivity index (χ1v) is 9.34. The Morgan fingerprint density at radius 2 is 1.80 bits per heavy atom. The summed E-state index contributed by atoms with van der Waals surface area (Å²) in [4.78, 5) is 9.76. The van der Waals surface area contributed by atoms with E-state index in [9.17, 15) is 0 Å². The number of hydrogen-bond acceptors (Lipinski definition) is 4. The molecule has 1 saturated carbocycles. The van der Waals surface area contributed by atoms with E-state index in [-0.39, 0.29) is 0 Å². The zero-order valence-corrected chi connectivity index (χ0v) is 15.4. The van der Waals surface area contributed by atoms with Gasteiger partial charge in [-0.3, -0.25) is 4.90 Å². The summed E-state index contributed by atoms with van der Waals surface area (Å²) in [5.41, 5.74) is 5.30. The van der Waals surface area contributed by atoms with Gasteiger partial charge in [0, 0.05) is 28.6 Å². The maximum Gasteiger partial charge on any atom is 0.227 e. The van der Waals surface area contributed by atoms with Gasteiger partial charge in [-0.1, -0.05) is 12.1 Å². The van der Waals surface area contributed by atoms with E-state index in [2.05, 4.69) is 59.9 Å². The standard InChI is InChI=1S/C21H25N3O/c1-12-5-9-17-18-10-6-13(2)22-21(18)25-20(17)19(12)24-14(3)23(4)15-7-8-16(24)11-15/h5-6,9-10,14-16H,7-8,11H2,1-4H3/t14-,15?,16?/m0/s1. The van der Waals surface area contributed by atoms with Gasteiger partial charge in [0.2, 0.25) is 5.71 Å². The Bertz CT molecular complexity index is 976. The lowest BCUT2D eigenvalue weighted by molar-refractivity contribution is 0.149. The van der Waals surface area contributed by atoms with E-state index < -0.39 is 0 Å². The van der Waals surface area contributed by atoms with Gasteiger partial charge < -0.3 is 9.32 Å². The van der Waals surface area contributed by atoms with Crippen LogP contribution in [0.25, 0.3) is 22.1 Å². The zero-order valence-electron chi connectivity index (χ0n) is 15.4. The van der Waals surface area contributed by atoms with E-state index in [0.717, 1.165) is 28.4 Å². The Morgan fingerprint density at radius 3 is 2.64 bits per heavy atom. The molecule has 2 aromatic heterocycles. The van der Waals surface area contributed by atoms with Crippen LogP contribution in [-0.2, 0) is 0 Å². The minimum atomic E-state index is 0.387. The number of benzene rings is 1. The van der Waals surface area contributed by atoms with Crippen LogP contribution in [0, 0.1) is 13.8 Å². The fourth-order valence-corrected chi connectivity index (χ4v) is 4.95. The predicted octanol–water partition coefficient (Wildman–Crippen LogP) is 4.62. The molecule has 2 bridgehead atoms. The summed E-state index contributed by atoms with van der Waals surface area (Å²) in [6.45, 7) is 6.54. The Balaban J connectivity index is 1.77. The minimum absolute atomic E-state index is 0.387. The third-order valence-corrected chi connectivity index (χ3v) is 6.42. The Labute approximate surface area is 148 Å². The van der Waals surface area contributed by atoms with E-state index in [1.807, 2.05) is 6.92 Å². The Morgan fingerprint density at radius 1 is 1.04 bits per heavy atom. The summed E-state index contributed by atoms with van der Waals surface area (Å²) < 4.78 is 6.32. The molecular weight excluding hydrogens is 310 g/mol. The molecule has 1 aliphatic heterocycles. The van der Waals surface area contributed by atoms with Crippen molar-refractivity contribution in [2.24, 2.45) is 0 Å². The van der Waals surface area contributed by atoms with Crippen molar-refractivity contribution in [1.82, 2.24) is 9.88 Å². The fraction of sp³-hybridized carbons (Fsp3) is 0.476. The summed E-state index contributed by atoms with van der Waals surface area (Å²) >= 11 is 0. The topological polar surface area (TPSA) is 32.5 Å². The van der Waals surface area contributed by atoms with Crippen LogP contribution in [0.5, 0.6) is 0 Å². The van der Waals surface area contributed by atoms with Gasteiger partial charge >= 0.3 is 0 Å². The number of fused-ring (bicyclic) bond motifs is 5. The molecule has 0 radical (unpaired) electrons. The van der Waals surface area contributed by atoms with Crippen LogP contribution in [-0.4, -0.2) is 35.2 Å². The molecule has 0 spiro atoms. The van der Waals surface area contributed by atoms with Crippen LogP contribution in [0.1, 0.15) is 37.4 Å². The van der Waals surface area contributed by atoms with Gasteiger partial charge in [0.15, 0.2) is 5.58 Å². The molecule has 3 atom stereocenters. The highest BCUT2D eigenvalue weighted by Crippen LogP contribution is 2.44. The largest absolute Gasteiger partial charge is 0.436 e. The maximum absolute atomic E-state index is 6.32. The molecule has 25 heavy (non-hydrogen) atoms. The van der Waals surface area contributed by atoms with Crippen LogP contribution >= 0.6 is 0 Å². The number of aromatic nitrogens is 1. The quantitative estimate of drug-likeness (QED) is 0.650. The van der Waals surface area contributed by atoms with E-state index in [1.165, 1.54) is 35.9 Å². The Hall–Kier alpha value is -2.07. The first-order chi connectivity index (χ1) is 12.0. The van der Waals surface area contributed by atoms with Crippen molar-refractivity contribution in [3.8, 4) is 0 Å². The lowest BCUT2D eigenvalue weighted by atomic mass is 10.0. The van der Waals surface area contributed by atoms with Crippen LogP contribution in [0.3, 0.4) is 0 Å². The first kappa shape index (κ1) is 15.2. The van der Waals surface area contributed by atoms with Crippen molar-refractivity contribution in [2.45, 2.75) is 58.3 Å². The van der Waals surface area contributed by atoms with Crippen molar-refractivity contribution < 1.29 is 4.42 Å². The van der Waals surface area contributed by atoms with Gasteiger partial charge in [-0.05, 0) is 64.8 Å². The van der Waals surface area contributed by atoms with Gasteiger partial charge in [0.1, 0.15) is 0 Å². The van der Waals surface area contributed by atoms with Gasteiger partial charge in [-0.25, -0.2) is 4.98 Å². The average Bonchev–Trinajstić information content (AvgIpc) is 3.17. The van der Waals surface area contributed by atoms with E-state index >= 15 is 0 Å². The first-order valence-electron chi connectivity index (χ1n) is 9.34. The van der Waals surface area contributed by atoms with Gasteiger partial charge in [0.05, 0.1) is 11.9 Å². The summed E-state index contributed by atoms with van der Waals surface area (Å²) in [5, 5.41) is 2.29. The lowest BCUT2D eigenvalue weighted by Crippen LogP contribution is -2.56. The zero-order chi connectivity index (χ0) is 17.3. The highest BCUT2D eigenvalue weighted by molar-refractivity contribution is 6.08. The molecule has 0 amide bonds. The number of furan rings is 1. The SMILES string of the molecule is Cc1ccc2c(n1)oc1c(N3C4CCC(C4)N(C)[C@@H]3C)c(C)ccc12. The van der Waals surface area contributed by atoms with Gasteiger partial charge in [-0.15, -0.1) is 0 Å². The Kier molecular flexibility index (Phi) is 3.17. The molecule has 0 N–H and O–H groups in total. The second-order valence-electron chi connectivity index (χ2n) is 7.84. The maximum atomic E-state index is 6.32. The molecule has 3 heterocycles. The molecule has 2 fully saturated rings. The molecule has 1 aromatic carbocycles. The smallest absolute Gasteiger partial charge is 0.227 e. The van der Waals surface area contributed by atoms with Crippen LogP contribution < -0.4 is 4.90 Å². The van der Waals surface area contributed by atoms with E-state index in [1.54, 1.807) is 0 Å². The molecule has 1 aliphatic carbocycles. The summed E-state index contributed by atoms with van der Waals surface area (Å²) in [6.07, 6.45) is 4.22. The van der Waals surface area contributed by atoms with E-state index in [4.69, 9.17) is 4.42 Å². The molecule has 4 heteroatoms. The van der Waals surface area contributed by atoms with Crippen molar-refractivity contribution in [2.75, 3.05) is 11.9 Å². The number of rotatable bonds is 1. The summed E-state index contributed by atoms with van der Waals surface area (Å²) in [6, 6.07) is 9.97. The number of nitrogens with zero attached hydrogens (tertiary/aromatic N) is 3. The molecule has 2 unspecified atom stereocenters. The average molecular weight is 335 g/mol. The number of hydrogen-bond donors (Lipinski definition) is 0. The third kappa shape index (κ3) is 2.07. The van der Waals surface area contributed by atoms with Crippen molar-refractivity contribution in [3.05, 3.63) is 35.5 Å². The highest BCUT2D eigenvalue weighted by atomic mass is 16.3. The normalized spacial score (nSPS) is 26.9. The molecule has 130 valence electrons. The second kappa shape index (κ2) is 5.21. The summed E-state index contributed by atoms with van der Waals surface area (Å²) in [7, 11) is 2.27. The number of anilines is 1. The summed E-state index contributed by atoms with van der Waals surface area (Å²) in [5.74, 6) is 0. The van der Waals surface area contributed by atoms with Crippen molar-refractivity contribution in [3.63, 3.8) is 0 Å². The molecular formula is C21H25N3O. The minimum Gasteiger partial charge on any atom is -0.436 e. The fourth-order valence-electron chi connectivity index (χ4n) is 4.95.